The smallest absolute Gasteiger partial charge is 0.249 e. The predicted molar refractivity (Wildman–Crippen MR) is 144 cm³/mol. The summed E-state index contributed by atoms with van der Waals surface area (Å²) in [6, 6.07) is 0. The fourth-order valence-electron chi connectivity index (χ4n) is 4.75. The summed E-state index contributed by atoms with van der Waals surface area (Å²) >= 11 is 0. The summed E-state index contributed by atoms with van der Waals surface area (Å²) in [5, 5.41) is 32.3. The van der Waals surface area contributed by atoms with Gasteiger partial charge in [0.05, 0.1) is 6.61 Å². The van der Waals surface area contributed by atoms with Crippen LogP contribution in [-0.4, -0.2) is 47.1 Å². The van der Waals surface area contributed by atoms with Crippen molar-refractivity contribution in [3.63, 3.8) is 0 Å². The Balaban J connectivity index is 3.92. The lowest BCUT2D eigenvalue weighted by atomic mass is 9.61. The van der Waals surface area contributed by atoms with Crippen molar-refractivity contribution in [1.82, 2.24) is 5.32 Å². The lowest BCUT2D eigenvalue weighted by Crippen LogP contribution is -2.54. The second-order valence-electron chi connectivity index (χ2n) is 11.3. The highest BCUT2D eigenvalue weighted by Gasteiger charge is 2.48. The van der Waals surface area contributed by atoms with Gasteiger partial charge in [-0.2, -0.15) is 0 Å². The molecule has 0 aliphatic carbocycles. The molecule has 1 amide bonds. The summed E-state index contributed by atoms with van der Waals surface area (Å²) in [6.45, 7) is 8.24. The molecule has 0 spiro atoms. The molecule has 5 heteroatoms. The Kier molecular flexibility index (Phi) is 20.1. The molecule has 0 saturated carbocycles. The van der Waals surface area contributed by atoms with Crippen LogP contribution in [0.15, 0.2) is 0 Å². The Hall–Kier alpha value is -0.650. The summed E-state index contributed by atoms with van der Waals surface area (Å²) < 4.78 is 0. The number of amides is 1. The van der Waals surface area contributed by atoms with Crippen molar-refractivity contribution in [3.05, 3.63) is 0 Å². The third-order valence-corrected chi connectivity index (χ3v) is 8.02. The zero-order valence-corrected chi connectivity index (χ0v) is 23.2. The van der Waals surface area contributed by atoms with Crippen LogP contribution >= 0.6 is 0 Å². The highest BCUT2D eigenvalue weighted by Crippen LogP contribution is 2.45. The molecule has 0 rings (SSSR count). The molecule has 0 heterocycles. The van der Waals surface area contributed by atoms with E-state index in [1.54, 1.807) is 6.92 Å². The topological polar surface area (TPSA) is 89.8 Å². The minimum atomic E-state index is -1.27. The second-order valence-corrected chi connectivity index (χ2v) is 11.3. The summed E-state index contributed by atoms with van der Waals surface area (Å²) in [7, 11) is 0. The van der Waals surface area contributed by atoms with Crippen molar-refractivity contribution >= 4 is 5.91 Å². The fraction of sp³-hybridized carbons (Fsp3) is 0.966. The molecule has 0 radical (unpaired) electrons. The van der Waals surface area contributed by atoms with Gasteiger partial charge in [0.25, 0.3) is 0 Å². The van der Waals surface area contributed by atoms with Crippen LogP contribution in [0.5, 0.6) is 0 Å². The van der Waals surface area contributed by atoms with Gasteiger partial charge in [-0.25, -0.2) is 0 Å². The van der Waals surface area contributed by atoms with E-state index in [1.807, 2.05) is 13.8 Å². The van der Waals surface area contributed by atoms with Crippen molar-refractivity contribution in [2.45, 2.75) is 149 Å². The van der Waals surface area contributed by atoms with Gasteiger partial charge in [0.2, 0.25) is 5.91 Å². The lowest BCUT2D eigenvalue weighted by Gasteiger charge is -2.45. The average Bonchev–Trinajstić information content (AvgIpc) is 2.82. The number of aliphatic hydroxyl groups excluding tert-OH is 3. The number of aliphatic hydroxyl groups is 3. The average molecular weight is 486 g/mol. The van der Waals surface area contributed by atoms with Gasteiger partial charge in [-0.05, 0) is 18.3 Å². The molecule has 0 saturated heterocycles. The van der Waals surface area contributed by atoms with Crippen LogP contribution in [0, 0.1) is 10.8 Å². The number of hydrogen-bond donors (Lipinski definition) is 4. The zero-order chi connectivity index (χ0) is 25.7. The molecule has 4 N–H and O–H groups in total. The van der Waals surface area contributed by atoms with Crippen LogP contribution in [-0.2, 0) is 4.79 Å². The first-order valence-electron chi connectivity index (χ1n) is 14.4. The number of rotatable bonds is 24. The van der Waals surface area contributed by atoms with E-state index in [0.29, 0.717) is 13.0 Å². The maximum atomic E-state index is 12.3. The van der Waals surface area contributed by atoms with Gasteiger partial charge in [0, 0.05) is 18.6 Å². The Morgan fingerprint density at radius 3 is 1.50 bits per heavy atom. The van der Waals surface area contributed by atoms with Crippen molar-refractivity contribution in [1.29, 1.82) is 0 Å². The van der Waals surface area contributed by atoms with Crippen LogP contribution in [0.2, 0.25) is 0 Å². The molecule has 2 atom stereocenters. The first-order valence-corrected chi connectivity index (χ1v) is 14.4. The van der Waals surface area contributed by atoms with Crippen LogP contribution in [0.3, 0.4) is 0 Å². The highest BCUT2D eigenvalue weighted by atomic mass is 16.3. The number of nitrogens with one attached hydrogen (secondary N) is 1. The van der Waals surface area contributed by atoms with Crippen LogP contribution in [0.1, 0.15) is 143 Å². The van der Waals surface area contributed by atoms with Gasteiger partial charge in [-0.1, -0.05) is 130 Å². The summed E-state index contributed by atoms with van der Waals surface area (Å²) in [4.78, 5) is 12.3. The Morgan fingerprint density at radius 2 is 1.12 bits per heavy atom. The van der Waals surface area contributed by atoms with Gasteiger partial charge in [-0.3, -0.25) is 4.79 Å². The first-order chi connectivity index (χ1) is 16.3. The van der Waals surface area contributed by atoms with E-state index in [2.05, 4.69) is 12.2 Å². The molecule has 5 nitrogen and oxygen atoms in total. The summed E-state index contributed by atoms with van der Waals surface area (Å²) in [5.74, 6) is -0.468. The maximum absolute atomic E-state index is 12.3. The zero-order valence-electron chi connectivity index (χ0n) is 23.2. The third kappa shape index (κ3) is 14.0. The number of carbonyl (C=O) groups excluding carboxylic acids is 1. The summed E-state index contributed by atoms with van der Waals surface area (Å²) in [6.07, 6.45) is 21.4. The normalized spacial score (nSPS) is 14.7. The molecule has 0 aromatic heterocycles. The minimum Gasteiger partial charge on any atom is -0.396 e. The van der Waals surface area contributed by atoms with E-state index in [1.165, 1.54) is 89.9 Å². The van der Waals surface area contributed by atoms with Crippen LogP contribution in [0.4, 0.5) is 0 Å². The SMILES string of the molecule is CCCCCCCCCCCCCCCCCCC(C)(C)C(C)(CO)C(O)C(=O)NCCCO. The highest BCUT2D eigenvalue weighted by molar-refractivity contribution is 5.81. The molecule has 34 heavy (non-hydrogen) atoms. The summed E-state index contributed by atoms with van der Waals surface area (Å²) in [5.41, 5.74) is -1.28. The molecule has 204 valence electrons. The molecule has 0 aromatic rings. The van der Waals surface area contributed by atoms with Crippen molar-refractivity contribution in [3.8, 4) is 0 Å². The van der Waals surface area contributed by atoms with Crippen LogP contribution < -0.4 is 5.32 Å². The van der Waals surface area contributed by atoms with E-state index >= 15 is 0 Å². The Bertz CT molecular complexity index is 483. The standard InChI is InChI=1S/C29H59NO4/c1-5-6-7-8-9-10-11-12-13-14-15-16-17-18-19-20-22-28(2,3)29(4,25-32)26(33)27(34)30-23-21-24-31/h26,31-33H,5-25H2,1-4H3,(H,30,34). The van der Waals surface area contributed by atoms with Crippen molar-refractivity contribution < 1.29 is 20.1 Å². The Labute approximate surface area is 211 Å². The van der Waals surface area contributed by atoms with E-state index in [9.17, 15) is 15.0 Å². The van der Waals surface area contributed by atoms with Crippen molar-refractivity contribution in [2.75, 3.05) is 19.8 Å². The van der Waals surface area contributed by atoms with Gasteiger partial charge in [0.15, 0.2) is 0 Å². The van der Waals surface area contributed by atoms with E-state index < -0.39 is 17.4 Å². The van der Waals surface area contributed by atoms with E-state index in [0.717, 1.165) is 19.3 Å². The van der Waals surface area contributed by atoms with Gasteiger partial charge in [-0.15, -0.1) is 0 Å². The van der Waals surface area contributed by atoms with Gasteiger partial charge < -0.3 is 20.6 Å². The molecule has 0 bridgehead atoms. The molecular weight excluding hydrogens is 426 g/mol. The largest absolute Gasteiger partial charge is 0.396 e. The number of unbranched alkanes of at least 4 members (excludes halogenated alkanes) is 15. The molecule has 0 aliphatic heterocycles. The molecular formula is C29H59NO4. The second kappa shape index (κ2) is 20.5. The number of hydrogen-bond acceptors (Lipinski definition) is 4. The van der Waals surface area contributed by atoms with Crippen LogP contribution in [0.25, 0.3) is 0 Å². The third-order valence-electron chi connectivity index (χ3n) is 8.02. The van der Waals surface area contributed by atoms with Gasteiger partial charge >= 0.3 is 0 Å². The quantitative estimate of drug-likeness (QED) is 0.117. The minimum absolute atomic E-state index is 0.00160. The monoisotopic (exact) mass is 485 g/mol. The number of carbonyl (C=O) groups is 1. The van der Waals surface area contributed by atoms with E-state index in [4.69, 9.17) is 5.11 Å². The molecule has 0 aliphatic rings. The lowest BCUT2D eigenvalue weighted by molar-refractivity contribution is -0.148. The molecule has 2 unspecified atom stereocenters. The van der Waals surface area contributed by atoms with Gasteiger partial charge in [0.1, 0.15) is 6.10 Å². The van der Waals surface area contributed by atoms with Crippen molar-refractivity contribution in [2.24, 2.45) is 10.8 Å². The molecule has 0 aromatic carbocycles. The van der Waals surface area contributed by atoms with E-state index in [-0.39, 0.29) is 18.6 Å². The fourth-order valence-corrected chi connectivity index (χ4v) is 4.75. The maximum Gasteiger partial charge on any atom is 0.249 e. The first kappa shape index (κ1) is 33.4. The predicted octanol–water partition coefficient (Wildman–Crippen LogP) is 6.52. The Morgan fingerprint density at radius 1 is 0.706 bits per heavy atom. The molecule has 0 fully saturated rings.